The summed E-state index contributed by atoms with van der Waals surface area (Å²) in [6.45, 7) is 6.49. The maximum absolute atomic E-state index is 11.8. The molecule has 2 aliphatic heterocycles. The van der Waals surface area contributed by atoms with Crippen LogP contribution in [-0.4, -0.2) is 34.7 Å². The molecule has 2 rings (SSSR count). The van der Waals surface area contributed by atoms with E-state index in [2.05, 4.69) is 4.94 Å². The average molecular weight is 252 g/mol. The minimum atomic E-state index is -2.01. The molecule has 17 heavy (non-hydrogen) atoms. The molecule has 0 aromatic heterocycles. The summed E-state index contributed by atoms with van der Waals surface area (Å²) in [7, 11) is 0. The largest absolute Gasteiger partial charge is 0.523 e. The second-order valence-electron chi connectivity index (χ2n) is 4.22. The summed E-state index contributed by atoms with van der Waals surface area (Å²) in [6, 6.07) is 0. The Labute approximate surface area is 98.0 Å². The average Bonchev–Trinajstić information content (AvgIpc) is 2.51. The van der Waals surface area contributed by atoms with Crippen LogP contribution >= 0.6 is 0 Å². The van der Waals surface area contributed by atoms with Gasteiger partial charge in [0, 0.05) is 0 Å². The first kappa shape index (κ1) is 13.1. The Kier molecular flexibility index (Phi) is 3.14. The monoisotopic (exact) mass is 252 g/mol. The van der Waals surface area contributed by atoms with Crippen LogP contribution in [0.2, 0.25) is 0 Å². The highest BCUT2D eigenvalue weighted by molar-refractivity contribution is 4.58. The fraction of sp³-hybridized carbons (Fsp3) is 1.00. The fourth-order valence-corrected chi connectivity index (χ4v) is 1.41. The van der Waals surface area contributed by atoms with E-state index >= 15 is 0 Å². The standard InChI is InChI=1S/C8H16N2O7/c1-5-6(2)14-9(11,13-5)17-10(12)15-7(3)8(4)16-10/h5-8H,1-4H3. The van der Waals surface area contributed by atoms with Crippen LogP contribution in [0.15, 0.2) is 0 Å². The summed E-state index contributed by atoms with van der Waals surface area (Å²) in [5, 5.41) is 19.6. The second-order valence-corrected chi connectivity index (χ2v) is 4.22. The summed E-state index contributed by atoms with van der Waals surface area (Å²) in [6.07, 6.45) is -2.01. The summed E-state index contributed by atoms with van der Waals surface area (Å²) in [5.41, 5.74) is 0. The van der Waals surface area contributed by atoms with Gasteiger partial charge in [0.1, 0.15) is 15.2 Å². The highest BCUT2D eigenvalue weighted by Gasteiger charge is 2.54. The minimum Gasteiger partial charge on any atom is -0.523 e. The Bertz CT molecular complexity index is 254. The van der Waals surface area contributed by atoms with Gasteiger partial charge in [0.2, 0.25) is 0 Å². The van der Waals surface area contributed by atoms with Crippen LogP contribution in [0.5, 0.6) is 0 Å². The molecule has 0 aromatic rings. The van der Waals surface area contributed by atoms with E-state index < -0.39 is 34.7 Å². The van der Waals surface area contributed by atoms with Gasteiger partial charge in [-0.2, -0.15) is 0 Å². The maximum atomic E-state index is 11.8. The van der Waals surface area contributed by atoms with Crippen molar-refractivity contribution in [3.63, 3.8) is 0 Å². The Morgan fingerprint density at radius 3 is 1.18 bits per heavy atom. The fourth-order valence-electron chi connectivity index (χ4n) is 1.41. The lowest BCUT2D eigenvalue weighted by molar-refractivity contribution is -1.53. The zero-order valence-electron chi connectivity index (χ0n) is 10.1. The summed E-state index contributed by atoms with van der Waals surface area (Å²) >= 11 is 0. The Morgan fingerprint density at radius 1 is 0.706 bits per heavy atom. The van der Waals surface area contributed by atoms with Gasteiger partial charge in [-0.15, -0.1) is 19.4 Å². The van der Waals surface area contributed by atoms with Gasteiger partial charge in [0.25, 0.3) is 0 Å². The van der Waals surface area contributed by atoms with Crippen molar-refractivity contribution in [1.29, 1.82) is 0 Å². The number of hydrogen-bond donors (Lipinski definition) is 0. The van der Waals surface area contributed by atoms with Crippen LogP contribution in [0.3, 0.4) is 0 Å². The molecular weight excluding hydrogens is 236 g/mol. The molecule has 0 spiro atoms. The molecule has 0 N–H and O–H groups in total. The van der Waals surface area contributed by atoms with E-state index in [0.717, 1.165) is 0 Å². The van der Waals surface area contributed by atoms with Gasteiger partial charge < -0.3 is 10.4 Å². The van der Waals surface area contributed by atoms with E-state index in [4.69, 9.17) is 19.4 Å². The molecule has 9 nitrogen and oxygen atoms in total. The first-order valence-corrected chi connectivity index (χ1v) is 5.38. The molecule has 2 fully saturated rings. The third-order valence-electron chi connectivity index (χ3n) is 2.70. The molecule has 2 aliphatic rings. The smallest absolute Gasteiger partial charge is 0.155 e. The molecule has 100 valence electrons. The Morgan fingerprint density at radius 2 is 0.941 bits per heavy atom. The zero-order valence-corrected chi connectivity index (χ0v) is 10.1. The first-order chi connectivity index (χ1) is 7.73. The number of nitrogens with zero attached hydrogens (tertiary/aromatic N) is 2. The Balaban J connectivity index is 2.02. The van der Waals surface area contributed by atoms with Gasteiger partial charge in [-0.25, -0.2) is 0 Å². The van der Waals surface area contributed by atoms with Crippen molar-refractivity contribution < 1.29 is 34.6 Å². The van der Waals surface area contributed by atoms with E-state index in [1.165, 1.54) is 0 Å². The van der Waals surface area contributed by atoms with Crippen molar-refractivity contribution in [2.24, 2.45) is 0 Å². The summed E-state index contributed by atoms with van der Waals surface area (Å²) in [5.74, 6) is 0. The van der Waals surface area contributed by atoms with Crippen LogP contribution in [-0.2, 0) is 24.3 Å². The lowest BCUT2D eigenvalue weighted by Gasteiger charge is -2.31. The molecule has 0 bridgehead atoms. The van der Waals surface area contributed by atoms with Gasteiger partial charge in [0.15, 0.2) is 24.4 Å². The third kappa shape index (κ3) is 2.57. The highest BCUT2D eigenvalue weighted by Crippen LogP contribution is 2.33. The van der Waals surface area contributed by atoms with Gasteiger partial charge >= 0.3 is 0 Å². The first-order valence-electron chi connectivity index (χ1n) is 5.38. The quantitative estimate of drug-likeness (QED) is 0.529. The van der Waals surface area contributed by atoms with E-state index in [1.54, 1.807) is 27.7 Å². The predicted octanol–water partition coefficient (Wildman–Crippen LogP) is 0.770. The predicted molar refractivity (Wildman–Crippen MR) is 50.5 cm³/mol. The summed E-state index contributed by atoms with van der Waals surface area (Å²) < 4.78 is 0. The number of hydrogen-bond acceptors (Lipinski definition) is 7. The van der Waals surface area contributed by atoms with E-state index in [0.29, 0.717) is 0 Å². The van der Waals surface area contributed by atoms with E-state index in [-0.39, 0.29) is 0 Å². The van der Waals surface area contributed by atoms with Gasteiger partial charge in [-0.3, -0.25) is 0 Å². The molecule has 0 amide bonds. The minimum absolute atomic E-state index is 0.503. The summed E-state index contributed by atoms with van der Waals surface area (Å²) in [4.78, 5) is 23.8. The van der Waals surface area contributed by atoms with Crippen LogP contribution in [0.4, 0.5) is 0 Å². The van der Waals surface area contributed by atoms with E-state index in [9.17, 15) is 10.4 Å². The van der Waals surface area contributed by atoms with Crippen LogP contribution in [0, 0.1) is 10.4 Å². The third-order valence-corrected chi connectivity index (χ3v) is 2.70. The lowest BCUT2D eigenvalue weighted by Crippen LogP contribution is -2.51. The normalized spacial score (nSPS) is 55.4. The van der Waals surface area contributed by atoms with Crippen molar-refractivity contribution in [3.05, 3.63) is 10.4 Å². The molecule has 0 saturated carbocycles. The van der Waals surface area contributed by atoms with Crippen molar-refractivity contribution >= 4 is 0 Å². The zero-order chi connectivity index (χ0) is 12.8. The SMILES string of the molecule is CC1O[N+]([O-])(O[N+]2([O-])OC(C)C(C)O2)OC1C. The number of quaternary nitrogens is 2. The van der Waals surface area contributed by atoms with E-state index in [1.807, 2.05) is 0 Å². The lowest BCUT2D eigenvalue weighted by atomic mass is 10.3. The topological polar surface area (TPSA) is 92.3 Å². The molecule has 0 aliphatic carbocycles. The van der Waals surface area contributed by atoms with Crippen LogP contribution in [0.1, 0.15) is 27.7 Å². The van der Waals surface area contributed by atoms with Crippen LogP contribution in [0.25, 0.3) is 0 Å². The van der Waals surface area contributed by atoms with Crippen molar-refractivity contribution in [1.82, 2.24) is 0 Å². The van der Waals surface area contributed by atoms with Gasteiger partial charge in [0.05, 0.1) is 0 Å². The van der Waals surface area contributed by atoms with Crippen molar-refractivity contribution in [3.8, 4) is 0 Å². The molecule has 2 heterocycles. The molecule has 4 atom stereocenters. The second kappa shape index (κ2) is 4.09. The Hall–Kier alpha value is -0.360. The van der Waals surface area contributed by atoms with Crippen molar-refractivity contribution in [2.45, 2.75) is 52.1 Å². The number of rotatable bonds is 2. The van der Waals surface area contributed by atoms with Crippen molar-refractivity contribution in [2.75, 3.05) is 0 Å². The molecular formula is C8H16N2O7. The molecule has 4 unspecified atom stereocenters. The maximum Gasteiger partial charge on any atom is 0.155 e. The highest BCUT2D eigenvalue weighted by atomic mass is 17.5. The molecule has 0 aromatic carbocycles. The molecule has 9 heteroatoms. The van der Waals surface area contributed by atoms with Gasteiger partial charge in [-0.1, -0.05) is 0 Å². The van der Waals surface area contributed by atoms with Crippen LogP contribution < -0.4 is 0 Å². The molecule has 0 radical (unpaired) electrons. The molecule has 2 saturated heterocycles. The van der Waals surface area contributed by atoms with Gasteiger partial charge in [-0.05, 0) is 27.7 Å².